The molecular weight excluding hydrogens is 207 g/mol. The first-order valence-electron chi connectivity index (χ1n) is 5.19. The largest absolute Gasteiger partial charge is 0.369 e. The molecule has 0 aliphatic rings. The van der Waals surface area contributed by atoms with Crippen molar-refractivity contribution in [3.63, 3.8) is 0 Å². The monoisotopic (exact) mass is 220 g/mol. The SMILES string of the molecule is CCC(C(N)=O)c1c[nH]c2ccc(F)cc12. The highest BCUT2D eigenvalue weighted by molar-refractivity contribution is 5.91. The van der Waals surface area contributed by atoms with Crippen LogP contribution in [0.4, 0.5) is 4.39 Å². The number of H-pyrrole nitrogens is 1. The van der Waals surface area contributed by atoms with Gasteiger partial charge in [-0.3, -0.25) is 4.79 Å². The van der Waals surface area contributed by atoms with Gasteiger partial charge in [-0.05, 0) is 30.2 Å². The average molecular weight is 220 g/mol. The van der Waals surface area contributed by atoms with E-state index in [9.17, 15) is 9.18 Å². The number of hydrogen-bond donors (Lipinski definition) is 2. The van der Waals surface area contributed by atoms with E-state index in [1.807, 2.05) is 6.92 Å². The highest BCUT2D eigenvalue weighted by Gasteiger charge is 2.19. The molecule has 1 unspecified atom stereocenters. The van der Waals surface area contributed by atoms with Gasteiger partial charge in [-0.1, -0.05) is 6.92 Å². The fourth-order valence-electron chi connectivity index (χ4n) is 1.98. The van der Waals surface area contributed by atoms with E-state index in [2.05, 4.69) is 4.98 Å². The summed E-state index contributed by atoms with van der Waals surface area (Å²) in [6.45, 7) is 1.88. The van der Waals surface area contributed by atoms with E-state index >= 15 is 0 Å². The highest BCUT2D eigenvalue weighted by Crippen LogP contribution is 2.28. The topological polar surface area (TPSA) is 58.9 Å². The third-order valence-electron chi connectivity index (χ3n) is 2.80. The summed E-state index contributed by atoms with van der Waals surface area (Å²) in [5, 5.41) is 0.727. The van der Waals surface area contributed by atoms with E-state index in [0.717, 1.165) is 16.5 Å². The van der Waals surface area contributed by atoms with Crippen molar-refractivity contribution in [1.29, 1.82) is 0 Å². The van der Waals surface area contributed by atoms with Gasteiger partial charge in [0.15, 0.2) is 0 Å². The van der Waals surface area contributed by atoms with Gasteiger partial charge in [0.2, 0.25) is 5.91 Å². The molecule has 16 heavy (non-hydrogen) atoms. The maximum atomic E-state index is 13.1. The molecule has 0 saturated heterocycles. The Kier molecular flexibility index (Phi) is 2.64. The van der Waals surface area contributed by atoms with Crippen LogP contribution >= 0.6 is 0 Å². The van der Waals surface area contributed by atoms with Crippen molar-refractivity contribution in [2.75, 3.05) is 0 Å². The summed E-state index contributed by atoms with van der Waals surface area (Å²) in [4.78, 5) is 14.3. The van der Waals surface area contributed by atoms with E-state index < -0.39 is 0 Å². The molecule has 1 amide bonds. The second kappa shape index (κ2) is 3.96. The van der Waals surface area contributed by atoms with Crippen LogP contribution in [0.3, 0.4) is 0 Å². The summed E-state index contributed by atoms with van der Waals surface area (Å²) >= 11 is 0. The predicted octanol–water partition coefficient (Wildman–Crippen LogP) is 2.29. The maximum Gasteiger partial charge on any atom is 0.225 e. The summed E-state index contributed by atoms with van der Waals surface area (Å²) in [7, 11) is 0. The van der Waals surface area contributed by atoms with E-state index in [-0.39, 0.29) is 17.6 Å². The molecule has 0 fully saturated rings. The molecule has 0 radical (unpaired) electrons. The smallest absolute Gasteiger partial charge is 0.225 e. The fraction of sp³-hybridized carbons (Fsp3) is 0.250. The number of benzene rings is 1. The zero-order chi connectivity index (χ0) is 11.7. The number of rotatable bonds is 3. The predicted molar refractivity (Wildman–Crippen MR) is 60.5 cm³/mol. The van der Waals surface area contributed by atoms with Gasteiger partial charge in [0.05, 0.1) is 5.92 Å². The lowest BCUT2D eigenvalue weighted by Gasteiger charge is -2.09. The number of fused-ring (bicyclic) bond motifs is 1. The summed E-state index contributed by atoms with van der Waals surface area (Å²) in [5.41, 5.74) is 6.90. The molecule has 2 rings (SSSR count). The third-order valence-corrected chi connectivity index (χ3v) is 2.80. The fourth-order valence-corrected chi connectivity index (χ4v) is 1.98. The van der Waals surface area contributed by atoms with Crippen LogP contribution in [0.25, 0.3) is 10.9 Å². The molecule has 1 atom stereocenters. The minimum absolute atomic E-state index is 0.312. The van der Waals surface area contributed by atoms with Crippen molar-refractivity contribution < 1.29 is 9.18 Å². The molecule has 84 valence electrons. The Labute approximate surface area is 92.4 Å². The first kappa shape index (κ1) is 10.7. The molecule has 3 nitrogen and oxygen atoms in total. The Bertz CT molecular complexity index is 533. The summed E-state index contributed by atoms with van der Waals surface area (Å²) in [5.74, 6) is -1.06. The normalized spacial score (nSPS) is 12.9. The van der Waals surface area contributed by atoms with Gasteiger partial charge in [-0.2, -0.15) is 0 Å². The maximum absolute atomic E-state index is 13.1. The molecule has 1 heterocycles. The Morgan fingerprint density at radius 2 is 2.31 bits per heavy atom. The number of nitrogens with two attached hydrogens (primary N) is 1. The Morgan fingerprint density at radius 3 is 2.94 bits per heavy atom. The van der Waals surface area contributed by atoms with Gasteiger partial charge < -0.3 is 10.7 Å². The number of nitrogens with one attached hydrogen (secondary N) is 1. The van der Waals surface area contributed by atoms with Crippen LogP contribution in [0, 0.1) is 5.82 Å². The van der Waals surface area contributed by atoms with Gasteiger partial charge in [0, 0.05) is 17.1 Å². The molecular formula is C12H13FN2O. The molecule has 0 spiro atoms. The lowest BCUT2D eigenvalue weighted by Crippen LogP contribution is -2.20. The van der Waals surface area contributed by atoms with Crippen LogP contribution in [0.5, 0.6) is 0 Å². The summed E-state index contributed by atoms with van der Waals surface area (Å²) < 4.78 is 13.1. The standard InChI is InChI=1S/C12H13FN2O/c1-2-8(12(14)16)10-6-15-11-4-3-7(13)5-9(10)11/h3-6,8,15H,2H2,1H3,(H2,14,16). The van der Waals surface area contributed by atoms with E-state index in [0.29, 0.717) is 6.42 Å². The van der Waals surface area contributed by atoms with Gasteiger partial charge in [0.1, 0.15) is 5.82 Å². The van der Waals surface area contributed by atoms with E-state index in [4.69, 9.17) is 5.73 Å². The zero-order valence-electron chi connectivity index (χ0n) is 8.96. The molecule has 0 aliphatic carbocycles. The minimum Gasteiger partial charge on any atom is -0.369 e. The Morgan fingerprint density at radius 1 is 1.56 bits per heavy atom. The molecule has 0 aliphatic heterocycles. The van der Waals surface area contributed by atoms with E-state index in [1.54, 1.807) is 12.3 Å². The molecule has 3 N–H and O–H groups in total. The summed E-state index contributed by atoms with van der Waals surface area (Å²) in [6.07, 6.45) is 2.34. The van der Waals surface area contributed by atoms with E-state index in [1.165, 1.54) is 12.1 Å². The van der Waals surface area contributed by atoms with Gasteiger partial charge in [0.25, 0.3) is 0 Å². The number of aromatic nitrogens is 1. The molecule has 2 aromatic rings. The Hall–Kier alpha value is -1.84. The number of primary amides is 1. The lowest BCUT2D eigenvalue weighted by atomic mass is 9.95. The summed E-state index contributed by atoms with van der Waals surface area (Å²) in [6, 6.07) is 4.46. The van der Waals surface area contributed by atoms with Crippen molar-refractivity contribution in [3.8, 4) is 0 Å². The number of amides is 1. The molecule has 4 heteroatoms. The van der Waals surface area contributed by atoms with Crippen LogP contribution in [0.15, 0.2) is 24.4 Å². The van der Waals surface area contributed by atoms with Crippen molar-refractivity contribution >= 4 is 16.8 Å². The van der Waals surface area contributed by atoms with Crippen LogP contribution in [-0.2, 0) is 4.79 Å². The average Bonchev–Trinajstić information content (AvgIpc) is 2.62. The van der Waals surface area contributed by atoms with Gasteiger partial charge in [-0.15, -0.1) is 0 Å². The Balaban J connectivity index is 2.59. The first-order chi connectivity index (χ1) is 7.63. The van der Waals surface area contributed by atoms with Gasteiger partial charge >= 0.3 is 0 Å². The van der Waals surface area contributed by atoms with Crippen molar-refractivity contribution in [2.45, 2.75) is 19.3 Å². The van der Waals surface area contributed by atoms with Crippen molar-refractivity contribution in [2.24, 2.45) is 5.73 Å². The molecule has 1 aromatic carbocycles. The lowest BCUT2D eigenvalue weighted by molar-refractivity contribution is -0.119. The van der Waals surface area contributed by atoms with Crippen LogP contribution in [0.2, 0.25) is 0 Å². The van der Waals surface area contributed by atoms with Crippen LogP contribution in [0.1, 0.15) is 24.8 Å². The number of aromatic amines is 1. The minimum atomic E-state index is -0.382. The van der Waals surface area contributed by atoms with Crippen LogP contribution < -0.4 is 5.73 Å². The number of carbonyl (C=O) groups excluding carboxylic acids is 1. The quantitative estimate of drug-likeness (QED) is 0.819. The third kappa shape index (κ3) is 1.66. The van der Waals surface area contributed by atoms with Crippen LogP contribution in [-0.4, -0.2) is 10.9 Å². The second-order valence-corrected chi connectivity index (χ2v) is 3.80. The molecule has 1 aromatic heterocycles. The highest BCUT2D eigenvalue weighted by atomic mass is 19.1. The molecule has 0 saturated carbocycles. The number of carbonyl (C=O) groups is 1. The van der Waals surface area contributed by atoms with Gasteiger partial charge in [-0.25, -0.2) is 4.39 Å². The molecule has 0 bridgehead atoms. The number of halogens is 1. The first-order valence-corrected chi connectivity index (χ1v) is 5.19. The zero-order valence-corrected chi connectivity index (χ0v) is 8.96. The van der Waals surface area contributed by atoms with Crippen molar-refractivity contribution in [1.82, 2.24) is 4.98 Å². The van der Waals surface area contributed by atoms with Crippen molar-refractivity contribution in [3.05, 3.63) is 35.8 Å². The second-order valence-electron chi connectivity index (χ2n) is 3.80. The number of hydrogen-bond acceptors (Lipinski definition) is 1.